The molecule has 0 aliphatic carbocycles. The van der Waals surface area contributed by atoms with Crippen molar-refractivity contribution in [1.29, 1.82) is 0 Å². The number of hydrogen-bond donors (Lipinski definition) is 3. The first-order valence-electron chi connectivity index (χ1n) is 6.00. The van der Waals surface area contributed by atoms with Crippen LogP contribution >= 0.6 is 0 Å². The Labute approximate surface area is 112 Å². The van der Waals surface area contributed by atoms with E-state index in [0.29, 0.717) is 0 Å². The number of primary amides is 1. The number of aliphatic hydroxyl groups is 1. The van der Waals surface area contributed by atoms with Crippen molar-refractivity contribution < 1.29 is 19.5 Å². The number of carbonyl (C=O) groups is 1. The molecule has 1 aromatic carbocycles. The Bertz CT molecular complexity index is 423. The third-order valence-corrected chi connectivity index (χ3v) is 2.41. The molecular formula is C13H20N2O4. The molecule has 0 heterocycles. The lowest BCUT2D eigenvalue weighted by Gasteiger charge is -2.14. The lowest BCUT2D eigenvalue weighted by molar-refractivity contribution is -0.125. The number of aliphatic hydroxyl groups excluding tert-OH is 1. The molecule has 1 amide bonds. The number of nitrogens with two attached hydrogens (primary N) is 1. The fourth-order valence-corrected chi connectivity index (χ4v) is 1.38. The van der Waals surface area contributed by atoms with Crippen molar-refractivity contribution in [3.63, 3.8) is 0 Å². The first-order chi connectivity index (χ1) is 8.99. The van der Waals surface area contributed by atoms with E-state index >= 15 is 0 Å². The van der Waals surface area contributed by atoms with E-state index in [-0.39, 0.29) is 19.8 Å². The summed E-state index contributed by atoms with van der Waals surface area (Å²) in [6.07, 6.45) is -0.743. The van der Waals surface area contributed by atoms with Gasteiger partial charge in [0.2, 0.25) is 5.91 Å². The second kappa shape index (κ2) is 7.73. The Morgan fingerprint density at radius 2 is 2.21 bits per heavy atom. The van der Waals surface area contributed by atoms with Gasteiger partial charge in [-0.2, -0.15) is 5.48 Å². The van der Waals surface area contributed by atoms with Crippen LogP contribution < -0.4 is 16.0 Å². The molecule has 0 fully saturated rings. The monoisotopic (exact) mass is 268 g/mol. The molecule has 1 atom stereocenters. The molecule has 0 radical (unpaired) electrons. The predicted molar refractivity (Wildman–Crippen MR) is 70.6 cm³/mol. The summed E-state index contributed by atoms with van der Waals surface area (Å²) in [5.74, 6) is 0.172. The van der Waals surface area contributed by atoms with Crippen molar-refractivity contribution >= 4 is 5.91 Å². The SMILES string of the molecule is Cc1ccc(C)c(OCC(O)CNOCC(N)=O)c1. The Hall–Kier alpha value is -1.63. The number of hydrogen-bond acceptors (Lipinski definition) is 5. The molecule has 1 rings (SSSR count). The van der Waals surface area contributed by atoms with Gasteiger partial charge in [-0.3, -0.25) is 9.63 Å². The van der Waals surface area contributed by atoms with Gasteiger partial charge < -0.3 is 15.6 Å². The second-order valence-electron chi connectivity index (χ2n) is 4.34. The van der Waals surface area contributed by atoms with Crippen LogP contribution in [0.15, 0.2) is 18.2 Å². The van der Waals surface area contributed by atoms with Crippen molar-refractivity contribution in [2.24, 2.45) is 5.73 Å². The molecule has 0 aliphatic rings. The number of ether oxygens (including phenoxy) is 1. The standard InChI is InChI=1S/C13H20N2O4/c1-9-3-4-10(2)12(5-9)18-7-11(16)6-15-19-8-13(14)17/h3-5,11,15-16H,6-8H2,1-2H3,(H2,14,17). The fourth-order valence-electron chi connectivity index (χ4n) is 1.38. The van der Waals surface area contributed by atoms with Crippen LogP contribution in [0.25, 0.3) is 0 Å². The van der Waals surface area contributed by atoms with Gasteiger partial charge in [-0.05, 0) is 31.0 Å². The zero-order valence-corrected chi connectivity index (χ0v) is 11.2. The molecule has 6 nitrogen and oxygen atoms in total. The van der Waals surface area contributed by atoms with E-state index in [2.05, 4.69) is 5.48 Å². The minimum absolute atomic E-state index is 0.136. The largest absolute Gasteiger partial charge is 0.491 e. The average Bonchev–Trinajstić information content (AvgIpc) is 2.35. The maximum atomic E-state index is 10.4. The minimum atomic E-state index is -0.743. The highest BCUT2D eigenvalue weighted by Gasteiger charge is 2.07. The molecule has 0 saturated carbocycles. The summed E-state index contributed by atoms with van der Waals surface area (Å²) in [5.41, 5.74) is 9.44. The van der Waals surface area contributed by atoms with Gasteiger partial charge in [0.05, 0.1) is 6.54 Å². The average molecular weight is 268 g/mol. The zero-order valence-electron chi connectivity index (χ0n) is 11.2. The van der Waals surface area contributed by atoms with Crippen LogP contribution in [-0.2, 0) is 9.63 Å². The highest BCUT2D eigenvalue weighted by atomic mass is 16.6. The molecule has 0 aromatic heterocycles. The number of aryl methyl sites for hydroxylation is 2. The smallest absolute Gasteiger partial charge is 0.245 e. The van der Waals surface area contributed by atoms with Crippen LogP contribution in [0.2, 0.25) is 0 Å². The fraction of sp³-hybridized carbons (Fsp3) is 0.462. The van der Waals surface area contributed by atoms with Crippen molar-refractivity contribution in [3.05, 3.63) is 29.3 Å². The maximum Gasteiger partial charge on any atom is 0.245 e. The van der Waals surface area contributed by atoms with Crippen LogP contribution in [0.4, 0.5) is 0 Å². The highest BCUT2D eigenvalue weighted by Crippen LogP contribution is 2.19. The lowest BCUT2D eigenvalue weighted by atomic mass is 10.1. The molecule has 0 spiro atoms. The first-order valence-corrected chi connectivity index (χ1v) is 6.00. The Balaban J connectivity index is 2.27. The molecule has 19 heavy (non-hydrogen) atoms. The molecule has 0 saturated heterocycles. The van der Waals surface area contributed by atoms with Gasteiger partial charge in [-0.1, -0.05) is 12.1 Å². The van der Waals surface area contributed by atoms with Gasteiger partial charge in [-0.15, -0.1) is 0 Å². The van der Waals surface area contributed by atoms with E-state index in [1.54, 1.807) is 0 Å². The summed E-state index contributed by atoms with van der Waals surface area (Å²) in [4.78, 5) is 15.1. The van der Waals surface area contributed by atoms with Crippen LogP contribution in [0.1, 0.15) is 11.1 Å². The normalized spacial score (nSPS) is 12.2. The van der Waals surface area contributed by atoms with E-state index in [9.17, 15) is 9.90 Å². The molecule has 1 unspecified atom stereocenters. The Kier molecular flexibility index (Phi) is 6.27. The van der Waals surface area contributed by atoms with Gasteiger partial charge in [0.15, 0.2) is 0 Å². The summed E-state index contributed by atoms with van der Waals surface area (Å²) in [7, 11) is 0. The lowest BCUT2D eigenvalue weighted by Crippen LogP contribution is -2.33. The summed E-state index contributed by atoms with van der Waals surface area (Å²) in [6.45, 7) is 3.97. The number of benzene rings is 1. The van der Waals surface area contributed by atoms with E-state index in [4.69, 9.17) is 15.3 Å². The number of amides is 1. The topological polar surface area (TPSA) is 93.8 Å². The molecule has 6 heteroatoms. The van der Waals surface area contributed by atoms with E-state index in [1.165, 1.54) is 0 Å². The highest BCUT2D eigenvalue weighted by molar-refractivity contribution is 5.74. The van der Waals surface area contributed by atoms with Crippen molar-refractivity contribution in [2.75, 3.05) is 19.8 Å². The maximum absolute atomic E-state index is 10.4. The summed E-state index contributed by atoms with van der Waals surface area (Å²) < 4.78 is 5.52. The Morgan fingerprint density at radius 1 is 1.47 bits per heavy atom. The summed E-state index contributed by atoms with van der Waals surface area (Å²) in [5, 5.41) is 9.65. The van der Waals surface area contributed by atoms with Crippen molar-refractivity contribution in [1.82, 2.24) is 5.48 Å². The van der Waals surface area contributed by atoms with Crippen LogP contribution in [0.3, 0.4) is 0 Å². The van der Waals surface area contributed by atoms with Gasteiger partial charge in [0, 0.05) is 0 Å². The number of hydroxylamine groups is 1. The molecule has 1 aromatic rings. The molecule has 0 aliphatic heterocycles. The van der Waals surface area contributed by atoms with Crippen molar-refractivity contribution in [3.8, 4) is 5.75 Å². The van der Waals surface area contributed by atoms with Crippen molar-refractivity contribution in [2.45, 2.75) is 20.0 Å². The predicted octanol–water partition coefficient (Wildman–Crippen LogP) is 0.0496. The summed E-state index contributed by atoms with van der Waals surface area (Å²) >= 11 is 0. The quantitative estimate of drug-likeness (QED) is 0.457. The van der Waals surface area contributed by atoms with Crippen LogP contribution in [0, 0.1) is 13.8 Å². The molecule has 106 valence electrons. The van der Waals surface area contributed by atoms with E-state index in [1.807, 2.05) is 32.0 Å². The number of nitrogens with one attached hydrogen (secondary N) is 1. The molecule has 4 N–H and O–H groups in total. The number of rotatable bonds is 8. The third-order valence-electron chi connectivity index (χ3n) is 2.41. The van der Waals surface area contributed by atoms with Gasteiger partial charge in [-0.25, -0.2) is 0 Å². The second-order valence-corrected chi connectivity index (χ2v) is 4.34. The van der Waals surface area contributed by atoms with Crippen LogP contribution in [0.5, 0.6) is 5.75 Å². The summed E-state index contributed by atoms with van der Waals surface area (Å²) in [6, 6.07) is 5.88. The third kappa shape index (κ3) is 6.19. The minimum Gasteiger partial charge on any atom is -0.491 e. The van der Waals surface area contributed by atoms with E-state index < -0.39 is 12.0 Å². The van der Waals surface area contributed by atoms with Gasteiger partial charge in [0.25, 0.3) is 0 Å². The van der Waals surface area contributed by atoms with Gasteiger partial charge >= 0.3 is 0 Å². The van der Waals surface area contributed by atoms with E-state index in [0.717, 1.165) is 16.9 Å². The molecule has 0 bridgehead atoms. The zero-order chi connectivity index (χ0) is 14.3. The number of carbonyl (C=O) groups excluding carboxylic acids is 1. The molecular weight excluding hydrogens is 248 g/mol. The van der Waals surface area contributed by atoms with Crippen LogP contribution in [-0.4, -0.2) is 36.9 Å². The first kappa shape index (κ1) is 15.4. The Morgan fingerprint density at radius 3 is 2.89 bits per heavy atom. The van der Waals surface area contributed by atoms with Gasteiger partial charge in [0.1, 0.15) is 25.1 Å².